The summed E-state index contributed by atoms with van der Waals surface area (Å²) in [7, 11) is 1.70. The molecule has 0 bridgehead atoms. The second-order valence-electron chi connectivity index (χ2n) is 4.57. The Hall–Kier alpha value is -1.89. The minimum Gasteiger partial charge on any atom is -0.383 e. The standard InChI is InChI=1S/C12H17N5OS/c1-7(2)9-6-19-10(16-9)5-14-12(18)8-4-15-17(3)11(8)13/h4,6-7H,5,13H2,1-3H3,(H,14,18). The number of anilines is 1. The zero-order valence-corrected chi connectivity index (χ0v) is 12.0. The molecule has 7 heteroatoms. The van der Waals surface area contributed by atoms with Gasteiger partial charge in [0.2, 0.25) is 0 Å². The number of nitrogens with one attached hydrogen (secondary N) is 1. The molecule has 0 aliphatic carbocycles. The Morgan fingerprint density at radius 1 is 1.58 bits per heavy atom. The van der Waals surface area contributed by atoms with Gasteiger partial charge in [0.05, 0.1) is 18.4 Å². The zero-order chi connectivity index (χ0) is 14.0. The fraction of sp³-hybridized carbons (Fsp3) is 0.417. The monoisotopic (exact) mass is 279 g/mol. The predicted molar refractivity (Wildman–Crippen MR) is 75.0 cm³/mol. The van der Waals surface area contributed by atoms with Gasteiger partial charge in [0.1, 0.15) is 16.4 Å². The topological polar surface area (TPSA) is 85.8 Å². The summed E-state index contributed by atoms with van der Waals surface area (Å²) >= 11 is 1.55. The van der Waals surface area contributed by atoms with Crippen molar-refractivity contribution in [2.75, 3.05) is 5.73 Å². The number of carbonyl (C=O) groups is 1. The van der Waals surface area contributed by atoms with Crippen LogP contribution in [0.4, 0.5) is 5.82 Å². The second-order valence-corrected chi connectivity index (χ2v) is 5.51. The Morgan fingerprint density at radius 2 is 2.32 bits per heavy atom. The van der Waals surface area contributed by atoms with E-state index in [2.05, 4.69) is 29.2 Å². The molecule has 0 radical (unpaired) electrons. The number of nitrogens with two attached hydrogens (primary N) is 1. The molecule has 2 aromatic rings. The molecule has 19 heavy (non-hydrogen) atoms. The van der Waals surface area contributed by atoms with Crippen LogP contribution < -0.4 is 11.1 Å². The Bertz CT molecular complexity index is 587. The minimum absolute atomic E-state index is 0.230. The van der Waals surface area contributed by atoms with Crippen LogP contribution in [0.25, 0.3) is 0 Å². The molecule has 1 amide bonds. The first kappa shape index (κ1) is 13.5. The number of hydrogen-bond acceptors (Lipinski definition) is 5. The van der Waals surface area contributed by atoms with Crippen LogP contribution in [0.3, 0.4) is 0 Å². The SMILES string of the molecule is CC(C)c1csc(CNC(=O)c2cnn(C)c2N)n1. The van der Waals surface area contributed by atoms with Crippen LogP contribution in [-0.2, 0) is 13.6 Å². The highest BCUT2D eigenvalue weighted by molar-refractivity contribution is 7.09. The number of rotatable bonds is 4. The number of aromatic nitrogens is 3. The molecule has 0 aliphatic heterocycles. The summed E-state index contributed by atoms with van der Waals surface area (Å²) in [6.45, 7) is 4.59. The summed E-state index contributed by atoms with van der Waals surface area (Å²) in [6, 6.07) is 0. The van der Waals surface area contributed by atoms with Gasteiger partial charge in [0.25, 0.3) is 5.91 Å². The van der Waals surface area contributed by atoms with Crippen LogP contribution in [0, 0.1) is 0 Å². The van der Waals surface area contributed by atoms with E-state index < -0.39 is 0 Å². The second kappa shape index (κ2) is 5.40. The molecular weight excluding hydrogens is 262 g/mol. The van der Waals surface area contributed by atoms with Crippen molar-refractivity contribution in [2.24, 2.45) is 7.05 Å². The first-order valence-electron chi connectivity index (χ1n) is 5.99. The Morgan fingerprint density at radius 3 is 2.84 bits per heavy atom. The van der Waals surface area contributed by atoms with E-state index in [1.807, 2.05) is 5.38 Å². The molecule has 2 aromatic heterocycles. The number of amides is 1. The maximum Gasteiger partial charge on any atom is 0.257 e. The maximum absolute atomic E-state index is 11.9. The Kier molecular flexibility index (Phi) is 3.84. The highest BCUT2D eigenvalue weighted by atomic mass is 32.1. The predicted octanol–water partition coefficient (Wildman–Crippen LogP) is 1.51. The van der Waals surface area contributed by atoms with Crippen LogP contribution >= 0.6 is 11.3 Å². The lowest BCUT2D eigenvalue weighted by Gasteiger charge is -2.02. The van der Waals surface area contributed by atoms with Crippen molar-refractivity contribution < 1.29 is 4.79 Å². The number of nitrogens with zero attached hydrogens (tertiary/aromatic N) is 3. The number of hydrogen-bond donors (Lipinski definition) is 2. The Labute approximate surface area is 115 Å². The van der Waals surface area contributed by atoms with Crippen molar-refractivity contribution in [3.05, 3.63) is 27.8 Å². The van der Waals surface area contributed by atoms with E-state index >= 15 is 0 Å². The van der Waals surface area contributed by atoms with Gasteiger partial charge in [-0.25, -0.2) is 4.98 Å². The quantitative estimate of drug-likeness (QED) is 0.888. The van der Waals surface area contributed by atoms with E-state index in [9.17, 15) is 4.79 Å². The van der Waals surface area contributed by atoms with Gasteiger partial charge >= 0.3 is 0 Å². The van der Waals surface area contributed by atoms with Gasteiger partial charge in [-0.15, -0.1) is 11.3 Å². The lowest BCUT2D eigenvalue weighted by Crippen LogP contribution is -2.23. The average Bonchev–Trinajstić information content (AvgIpc) is 2.95. The lowest BCUT2D eigenvalue weighted by molar-refractivity contribution is 0.0951. The van der Waals surface area contributed by atoms with Gasteiger partial charge in [-0.2, -0.15) is 5.10 Å². The lowest BCUT2D eigenvalue weighted by atomic mass is 10.2. The van der Waals surface area contributed by atoms with Gasteiger partial charge in [-0.05, 0) is 5.92 Å². The highest BCUT2D eigenvalue weighted by Gasteiger charge is 2.14. The molecule has 0 atom stereocenters. The number of carbonyl (C=O) groups excluding carboxylic acids is 1. The van der Waals surface area contributed by atoms with Gasteiger partial charge in [-0.3, -0.25) is 9.48 Å². The summed E-state index contributed by atoms with van der Waals surface area (Å²) in [5.74, 6) is 0.529. The first-order chi connectivity index (χ1) is 8.99. The normalized spacial score (nSPS) is 10.9. The molecule has 2 rings (SSSR count). The number of aryl methyl sites for hydroxylation is 1. The van der Waals surface area contributed by atoms with E-state index in [-0.39, 0.29) is 5.91 Å². The molecule has 0 unspecified atom stereocenters. The van der Waals surface area contributed by atoms with E-state index in [1.165, 1.54) is 10.9 Å². The molecule has 0 saturated heterocycles. The number of nitrogen functional groups attached to an aromatic ring is 1. The molecule has 2 heterocycles. The van der Waals surface area contributed by atoms with Crippen LogP contribution in [-0.4, -0.2) is 20.7 Å². The molecule has 3 N–H and O–H groups in total. The smallest absolute Gasteiger partial charge is 0.257 e. The van der Waals surface area contributed by atoms with Crippen molar-refractivity contribution >= 4 is 23.1 Å². The first-order valence-corrected chi connectivity index (χ1v) is 6.87. The fourth-order valence-corrected chi connectivity index (χ4v) is 2.44. The maximum atomic E-state index is 11.9. The summed E-state index contributed by atoms with van der Waals surface area (Å²) < 4.78 is 1.47. The summed E-state index contributed by atoms with van der Waals surface area (Å²) in [5.41, 5.74) is 7.19. The van der Waals surface area contributed by atoms with Crippen molar-refractivity contribution in [3.63, 3.8) is 0 Å². The molecular formula is C12H17N5OS. The van der Waals surface area contributed by atoms with E-state index in [0.717, 1.165) is 10.7 Å². The van der Waals surface area contributed by atoms with Gasteiger partial charge in [0, 0.05) is 12.4 Å². The van der Waals surface area contributed by atoms with Crippen LogP contribution in [0.1, 0.15) is 40.8 Å². The summed E-state index contributed by atoms with van der Waals surface area (Å²) in [5, 5.41) is 9.64. The van der Waals surface area contributed by atoms with Crippen molar-refractivity contribution in [1.29, 1.82) is 0 Å². The van der Waals surface area contributed by atoms with Gasteiger partial charge in [0.15, 0.2) is 0 Å². The molecule has 0 aromatic carbocycles. The van der Waals surface area contributed by atoms with Crippen LogP contribution in [0.15, 0.2) is 11.6 Å². The molecule has 0 aliphatic rings. The fourth-order valence-electron chi connectivity index (χ4n) is 1.54. The van der Waals surface area contributed by atoms with Crippen molar-refractivity contribution in [2.45, 2.75) is 26.3 Å². The third kappa shape index (κ3) is 2.93. The van der Waals surface area contributed by atoms with E-state index in [1.54, 1.807) is 18.4 Å². The van der Waals surface area contributed by atoms with E-state index in [0.29, 0.717) is 23.8 Å². The largest absolute Gasteiger partial charge is 0.383 e. The minimum atomic E-state index is -0.230. The average molecular weight is 279 g/mol. The highest BCUT2D eigenvalue weighted by Crippen LogP contribution is 2.17. The van der Waals surface area contributed by atoms with E-state index in [4.69, 9.17) is 5.73 Å². The van der Waals surface area contributed by atoms with Crippen LogP contribution in [0.5, 0.6) is 0 Å². The molecule has 6 nitrogen and oxygen atoms in total. The Balaban J connectivity index is 1.98. The van der Waals surface area contributed by atoms with Gasteiger partial charge in [-0.1, -0.05) is 13.8 Å². The molecule has 0 fully saturated rings. The summed E-state index contributed by atoms with van der Waals surface area (Å²) in [4.78, 5) is 16.4. The van der Waals surface area contributed by atoms with Gasteiger partial charge < -0.3 is 11.1 Å². The molecule has 0 spiro atoms. The zero-order valence-electron chi connectivity index (χ0n) is 11.2. The van der Waals surface area contributed by atoms with Crippen molar-refractivity contribution in [3.8, 4) is 0 Å². The molecule has 102 valence electrons. The number of thiazole rings is 1. The molecule has 0 saturated carbocycles. The third-order valence-electron chi connectivity index (χ3n) is 2.79. The van der Waals surface area contributed by atoms with Crippen LogP contribution in [0.2, 0.25) is 0 Å². The van der Waals surface area contributed by atoms with Crippen molar-refractivity contribution in [1.82, 2.24) is 20.1 Å². The summed E-state index contributed by atoms with van der Waals surface area (Å²) in [6.07, 6.45) is 1.46. The third-order valence-corrected chi connectivity index (χ3v) is 3.66.